The Kier molecular flexibility index (Phi) is 4.97. The highest BCUT2D eigenvalue weighted by Crippen LogP contribution is 2.17. The molecule has 0 atom stereocenters. The molecule has 116 valence electrons. The second kappa shape index (κ2) is 7.14. The monoisotopic (exact) mass is 437 g/mol. The summed E-state index contributed by atoms with van der Waals surface area (Å²) in [4.78, 5) is 12.3. The van der Waals surface area contributed by atoms with Crippen molar-refractivity contribution in [1.82, 2.24) is 9.78 Å². The van der Waals surface area contributed by atoms with Crippen molar-refractivity contribution in [2.75, 3.05) is 5.32 Å². The van der Waals surface area contributed by atoms with Crippen LogP contribution in [0.25, 0.3) is 0 Å². The Hall–Kier alpha value is -1.86. The third kappa shape index (κ3) is 3.92. The molecule has 1 aromatic heterocycles. The predicted octanol–water partition coefficient (Wildman–Crippen LogP) is 4.44. The highest BCUT2D eigenvalue weighted by atomic mass is 127. The number of amides is 1. The second-order valence-corrected chi connectivity index (χ2v) is 6.49. The fourth-order valence-corrected chi connectivity index (χ4v) is 2.97. The lowest BCUT2D eigenvalue weighted by molar-refractivity contribution is 0.102. The standard InChI is InChI=1S/C17H13ClIN3O/c18-14-7-3-1-5-12(14)11-22-10-9-16(21-22)20-17(23)13-6-2-4-8-15(13)19/h1-10H,11H2,(H,20,21,23). The topological polar surface area (TPSA) is 46.9 Å². The summed E-state index contributed by atoms with van der Waals surface area (Å²) in [5.41, 5.74) is 1.61. The number of rotatable bonds is 4. The number of hydrogen-bond acceptors (Lipinski definition) is 2. The molecule has 3 rings (SSSR count). The molecule has 0 aliphatic carbocycles. The van der Waals surface area contributed by atoms with Crippen molar-refractivity contribution in [1.29, 1.82) is 0 Å². The lowest BCUT2D eigenvalue weighted by Crippen LogP contribution is -2.14. The van der Waals surface area contributed by atoms with Crippen LogP contribution in [0.5, 0.6) is 0 Å². The predicted molar refractivity (Wildman–Crippen MR) is 99.9 cm³/mol. The zero-order valence-electron chi connectivity index (χ0n) is 12.0. The number of benzene rings is 2. The van der Waals surface area contributed by atoms with Crippen molar-refractivity contribution in [3.8, 4) is 0 Å². The van der Waals surface area contributed by atoms with Crippen molar-refractivity contribution in [3.63, 3.8) is 0 Å². The number of nitrogens with one attached hydrogen (secondary N) is 1. The van der Waals surface area contributed by atoms with E-state index in [0.717, 1.165) is 9.13 Å². The van der Waals surface area contributed by atoms with Crippen LogP contribution in [0.3, 0.4) is 0 Å². The van der Waals surface area contributed by atoms with E-state index < -0.39 is 0 Å². The number of nitrogens with zero attached hydrogens (tertiary/aromatic N) is 2. The fourth-order valence-electron chi connectivity index (χ4n) is 2.15. The molecule has 6 heteroatoms. The molecule has 0 radical (unpaired) electrons. The van der Waals surface area contributed by atoms with E-state index in [-0.39, 0.29) is 5.91 Å². The van der Waals surface area contributed by atoms with Gasteiger partial charge in [-0.25, -0.2) is 0 Å². The summed E-state index contributed by atoms with van der Waals surface area (Å²) in [5.74, 6) is 0.347. The van der Waals surface area contributed by atoms with Crippen molar-refractivity contribution in [3.05, 3.63) is 80.5 Å². The maximum atomic E-state index is 12.3. The third-order valence-electron chi connectivity index (χ3n) is 3.29. The molecule has 0 bridgehead atoms. The lowest BCUT2D eigenvalue weighted by Gasteiger charge is -2.05. The first kappa shape index (κ1) is 16.0. The minimum Gasteiger partial charge on any atom is -0.305 e. The average molecular weight is 438 g/mol. The summed E-state index contributed by atoms with van der Waals surface area (Å²) in [5, 5.41) is 7.88. The van der Waals surface area contributed by atoms with E-state index in [1.807, 2.05) is 48.7 Å². The molecule has 0 saturated carbocycles. The van der Waals surface area contributed by atoms with E-state index in [2.05, 4.69) is 33.0 Å². The first-order chi connectivity index (χ1) is 11.1. The quantitative estimate of drug-likeness (QED) is 0.613. The minimum atomic E-state index is -0.169. The van der Waals surface area contributed by atoms with Crippen LogP contribution in [0.1, 0.15) is 15.9 Å². The zero-order chi connectivity index (χ0) is 16.2. The lowest BCUT2D eigenvalue weighted by atomic mass is 10.2. The smallest absolute Gasteiger partial charge is 0.257 e. The third-order valence-corrected chi connectivity index (χ3v) is 4.60. The Labute approximate surface area is 152 Å². The van der Waals surface area contributed by atoms with Gasteiger partial charge in [-0.05, 0) is 46.4 Å². The van der Waals surface area contributed by atoms with Gasteiger partial charge in [-0.2, -0.15) is 5.10 Å². The van der Waals surface area contributed by atoms with Crippen molar-refractivity contribution in [2.45, 2.75) is 6.54 Å². The molecule has 3 aromatic rings. The largest absolute Gasteiger partial charge is 0.305 e. The van der Waals surface area contributed by atoms with Crippen LogP contribution >= 0.6 is 34.2 Å². The number of carbonyl (C=O) groups is 1. The van der Waals surface area contributed by atoms with Gasteiger partial charge < -0.3 is 5.32 Å². The van der Waals surface area contributed by atoms with E-state index in [1.54, 1.807) is 16.8 Å². The molecule has 1 N–H and O–H groups in total. The molecule has 4 nitrogen and oxygen atoms in total. The molecule has 0 saturated heterocycles. The van der Waals surface area contributed by atoms with Gasteiger partial charge in [-0.3, -0.25) is 9.48 Å². The van der Waals surface area contributed by atoms with Gasteiger partial charge in [-0.15, -0.1) is 0 Å². The van der Waals surface area contributed by atoms with Crippen LogP contribution in [0.15, 0.2) is 60.8 Å². The number of halogens is 2. The Morgan fingerprint density at radius 3 is 2.65 bits per heavy atom. The van der Waals surface area contributed by atoms with E-state index in [1.165, 1.54) is 0 Å². The van der Waals surface area contributed by atoms with Gasteiger partial charge >= 0.3 is 0 Å². The zero-order valence-corrected chi connectivity index (χ0v) is 15.0. The molecule has 1 amide bonds. The molecule has 0 fully saturated rings. The minimum absolute atomic E-state index is 0.169. The van der Waals surface area contributed by atoms with Crippen molar-refractivity contribution in [2.24, 2.45) is 0 Å². The summed E-state index contributed by atoms with van der Waals surface area (Å²) >= 11 is 8.29. The number of anilines is 1. The summed E-state index contributed by atoms with van der Waals surface area (Å²) in [6.07, 6.45) is 1.81. The highest BCUT2D eigenvalue weighted by molar-refractivity contribution is 14.1. The van der Waals surface area contributed by atoms with Gasteiger partial charge in [0.05, 0.1) is 12.1 Å². The summed E-state index contributed by atoms with van der Waals surface area (Å²) in [6.45, 7) is 0.554. The van der Waals surface area contributed by atoms with Crippen LogP contribution in [0, 0.1) is 3.57 Å². The Morgan fingerprint density at radius 2 is 1.87 bits per heavy atom. The maximum absolute atomic E-state index is 12.3. The Balaban J connectivity index is 1.72. The fraction of sp³-hybridized carbons (Fsp3) is 0.0588. The van der Waals surface area contributed by atoms with Crippen LogP contribution in [0.2, 0.25) is 5.02 Å². The molecular weight excluding hydrogens is 425 g/mol. The molecular formula is C17H13ClIN3O. The Bertz CT molecular complexity index is 847. The van der Waals surface area contributed by atoms with Crippen LogP contribution in [0.4, 0.5) is 5.82 Å². The highest BCUT2D eigenvalue weighted by Gasteiger charge is 2.11. The van der Waals surface area contributed by atoms with E-state index in [9.17, 15) is 4.79 Å². The number of carbonyl (C=O) groups excluding carboxylic acids is 1. The van der Waals surface area contributed by atoms with Gasteiger partial charge in [0.25, 0.3) is 5.91 Å². The summed E-state index contributed by atoms with van der Waals surface area (Å²) < 4.78 is 2.64. The average Bonchev–Trinajstić information content (AvgIpc) is 2.97. The Morgan fingerprint density at radius 1 is 1.13 bits per heavy atom. The SMILES string of the molecule is O=C(Nc1ccn(Cc2ccccc2Cl)n1)c1ccccc1I. The van der Waals surface area contributed by atoms with Gasteiger partial charge in [0.1, 0.15) is 0 Å². The van der Waals surface area contributed by atoms with E-state index in [4.69, 9.17) is 11.6 Å². The second-order valence-electron chi connectivity index (χ2n) is 4.92. The van der Waals surface area contributed by atoms with Gasteiger partial charge in [0.2, 0.25) is 0 Å². The normalized spacial score (nSPS) is 10.5. The summed E-state index contributed by atoms with van der Waals surface area (Å²) in [7, 11) is 0. The van der Waals surface area contributed by atoms with Gasteiger partial charge in [-0.1, -0.05) is 41.9 Å². The molecule has 0 aliphatic heterocycles. The van der Waals surface area contributed by atoms with Gasteiger partial charge in [0.15, 0.2) is 5.82 Å². The number of aromatic nitrogens is 2. The van der Waals surface area contributed by atoms with Crippen LogP contribution < -0.4 is 5.32 Å². The molecule has 0 unspecified atom stereocenters. The van der Waals surface area contributed by atoms with E-state index in [0.29, 0.717) is 22.9 Å². The molecule has 2 aromatic carbocycles. The van der Waals surface area contributed by atoms with Crippen molar-refractivity contribution < 1.29 is 4.79 Å². The van der Waals surface area contributed by atoms with E-state index >= 15 is 0 Å². The molecule has 23 heavy (non-hydrogen) atoms. The first-order valence-corrected chi connectivity index (χ1v) is 8.42. The molecule has 0 aliphatic rings. The number of hydrogen-bond donors (Lipinski definition) is 1. The summed E-state index contributed by atoms with van der Waals surface area (Å²) in [6, 6.07) is 16.8. The van der Waals surface area contributed by atoms with Crippen LogP contribution in [-0.2, 0) is 6.54 Å². The maximum Gasteiger partial charge on any atom is 0.257 e. The molecule has 1 heterocycles. The van der Waals surface area contributed by atoms with Gasteiger partial charge in [0, 0.05) is 20.9 Å². The molecule has 0 spiro atoms. The van der Waals surface area contributed by atoms with Crippen LogP contribution in [-0.4, -0.2) is 15.7 Å². The first-order valence-electron chi connectivity index (χ1n) is 6.96. The van der Waals surface area contributed by atoms with Crippen molar-refractivity contribution >= 4 is 45.9 Å².